The number of hydrogen-bond donors (Lipinski definition) is 2. The van der Waals surface area contributed by atoms with E-state index in [0.717, 1.165) is 0 Å². The van der Waals surface area contributed by atoms with Crippen molar-refractivity contribution in [3.05, 3.63) is 47.4 Å². The van der Waals surface area contributed by atoms with Gasteiger partial charge in [0.2, 0.25) is 15.9 Å². The Morgan fingerprint density at radius 3 is 2.60 bits per heavy atom. The van der Waals surface area contributed by atoms with Crippen LogP contribution in [-0.4, -0.2) is 27.5 Å². The SMILES string of the molecule is COc1cc(C)c(S(=O)(=O)N[C@@H](C)C(=O)NCc2ccco2)cc1C. The molecule has 0 aliphatic heterocycles. The van der Waals surface area contributed by atoms with Crippen LogP contribution in [0, 0.1) is 13.8 Å². The number of hydrogen-bond acceptors (Lipinski definition) is 5. The second-order valence-electron chi connectivity index (χ2n) is 5.73. The van der Waals surface area contributed by atoms with Gasteiger partial charge < -0.3 is 14.5 Å². The van der Waals surface area contributed by atoms with Gasteiger partial charge in [-0.1, -0.05) is 0 Å². The van der Waals surface area contributed by atoms with E-state index in [0.29, 0.717) is 22.6 Å². The lowest BCUT2D eigenvalue weighted by atomic mass is 10.1. The van der Waals surface area contributed by atoms with Crippen molar-refractivity contribution < 1.29 is 22.4 Å². The minimum Gasteiger partial charge on any atom is -0.496 e. The Bertz CT molecular complexity index is 844. The van der Waals surface area contributed by atoms with Crippen molar-refractivity contribution >= 4 is 15.9 Å². The Morgan fingerprint density at radius 2 is 2.00 bits per heavy atom. The van der Waals surface area contributed by atoms with E-state index in [4.69, 9.17) is 9.15 Å². The van der Waals surface area contributed by atoms with Gasteiger partial charge in [-0.2, -0.15) is 4.72 Å². The zero-order valence-electron chi connectivity index (χ0n) is 14.6. The summed E-state index contributed by atoms with van der Waals surface area (Å²) in [6, 6.07) is 5.69. The molecule has 7 nitrogen and oxygen atoms in total. The van der Waals surface area contributed by atoms with Crippen LogP contribution < -0.4 is 14.8 Å². The molecular formula is C17H22N2O5S. The largest absolute Gasteiger partial charge is 0.496 e. The summed E-state index contributed by atoms with van der Waals surface area (Å²) in [5.74, 6) is 0.758. The van der Waals surface area contributed by atoms with Gasteiger partial charge in [-0.05, 0) is 56.2 Å². The number of furan rings is 1. The number of aryl methyl sites for hydroxylation is 2. The predicted molar refractivity (Wildman–Crippen MR) is 92.8 cm³/mol. The maximum atomic E-state index is 12.6. The number of methoxy groups -OCH3 is 1. The average molecular weight is 366 g/mol. The highest BCUT2D eigenvalue weighted by atomic mass is 32.2. The van der Waals surface area contributed by atoms with E-state index in [1.54, 1.807) is 32.0 Å². The van der Waals surface area contributed by atoms with Gasteiger partial charge in [0, 0.05) is 0 Å². The Morgan fingerprint density at radius 1 is 1.28 bits per heavy atom. The summed E-state index contributed by atoms with van der Waals surface area (Å²) in [4.78, 5) is 12.2. The summed E-state index contributed by atoms with van der Waals surface area (Å²) in [7, 11) is -2.32. The smallest absolute Gasteiger partial charge is 0.241 e. The van der Waals surface area contributed by atoms with E-state index in [9.17, 15) is 13.2 Å². The molecule has 0 aliphatic rings. The lowest BCUT2D eigenvalue weighted by Crippen LogP contribution is -2.44. The third-order valence-corrected chi connectivity index (χ3v) is 5.41. The van der Waals surface area contributed by atoms with Crippen LogP contribution in [0.4, 0.5) is 0 Å². The van der Waals surface area contributed by atoms with Crippen molar-refractivity contribution in [3.63, 3.8) is 0 Å². The van der Waals surface area contributed by atoms with Crippen LogP contribution in [-0.2, 0) is 21.4 Å². The molecule has 8 heteroatoms. The van der Waals surface area contributed by atoms with Gasteiger partial charge in [0.05, 0.1) is 30.9 Å². The maximum absolute atomic E-state index is 12.6. The highest BCUT2D eigenvalue weighted by Crippen LogP contribution is 2.25. The lowest BCUT2D eigenvalue weighted by Gasteiger charge is -2.16. The summed E-state index contributed by atoms with van der Waals surface area (Å²) in [6.07, 6.45) is 1.50. The highest BCUT2D eigenvalue weighted by Gasteiger charge is 2.24. The third-order valence-electron chi connectivity index (χ3n) is 3.72. The molecule has 0 spiro atoms. The molecule has 2 rings (SSSR count). The van der Waals surface area contributed by atoms with E-state index in [1.807, 2.05) is 0 Å². The highest BCUT2D eigenvalue weighted by molar-refractivity contribution is 7.89. The molecule has 2 aromatic rings. The van der Waals surface area contributed by atoms with Crippen molar-refractivity contribution in [2.45, 2.75) is 38.3 Å². The number of rotatable bonds is 7. The minimum absolute atomic E-state index is 0.122. The number of carbonyl (C=O) groups excluding carboxylic acids is 1. The van der Waals surface area contributed by atoms with Gasteiger partial charge in [0.1, 0.15) is 11.5 Å². The van der Waals surface area contributed by atoms with Crippen LogP contribution in [0.3, 0.4) is 0 Å². The number of nitrogens with one attached hydrogen (secondary N) is 2. The third kappa shape index (κ3) is 4.61. The van der Waals surface area contributed by atoms with Gasteiger partial charge in [-0.3, -0.25) is 4.79 Å². The average Bonchev–Trinajstić information content (AvgIpc) is 3.07. The van der Waals surface area contributed by atoms with Crippen LogP contribution in [0.15, 0.2) is 39.8 Å². The van der Waals surface area contributed by atoms with Crippen molar-refractivity contribution in [2.75, 3.05) is 7.11 Å². The monoisotopic (exact) mass is 366 g/mol. The zero-order valence-corrected chi connectivity index (χ0v) is 15.4. The topological polar surface area (TPSA) is 97.6 Å². The Hall–Kier alpha value is -2.32. The molecule has 0 unspecified atom stereocenters. The molecule has 1 heterocycles. The fraction of sp³-hybridized carbons (Fsp3) is 0.353. The fourth-order valence-electron chi connectivity index (χ4n) is 2.36. The van der Waals surface area contributed by atoms with Gasteiger partial charge >= 0.3 is 0 Å². The van der Waals surface area contributed by atoms with E-state index >= 15 is 0 Å². The molecule has 0 aliphatic carbocycles. The summed E-state index contributed by atoms with van der Waals surface area (Å²) in [5, 5.41) is 2.62. The summed E-state index contributed by atoms with van der Waals surface area (Å²) >= 11 is 0. The fourth-order valence-corrected chi connectivity index (χ4v) is 3.88. The normalized spacial score (nSPS) is 12.6. The molecule has 0 saturated carbocycles. The summed E-state index contributed by atoms with van der Waals surface area (Å²) < 4.78 is 37.9. The van der Waals surface area contributed by atoms with Crippen molar-refractivity contribution in [1.29, 1.82) is 0 Å². The first-order valence-electron chi connectivity index (χ1n) is 7.72. The molecule has 1 amide bonds. The van der Waals surface area contributed by atoms with Gasteiger partial charge in [-0.15, -0.1) is 0 Å². The molecule has 25 heavy (non-hydrogen) atoms. The maximum Gasteiger partial charge on any atom is 0.241 e. The van der Waals surface area contributed by atoms with Gasteiger partial charge in [0.25, 0.3) is 0 Å². The molecule has 0 fully saturated rings. The molecule has 2 N–H and O–H groups in total. The second-order valence-corrected chi connectivity index (χ2v) is 7.41. The number of ether oxygens (including phenoxy) is 1. The lowest BCUT2D eigenvalue weighted by molar-refractivity contribution is -0.122. The van der Waals surface area contributed by atoms with Crippen molar-refractivity contribution in [1.82, 2.24) is 10.0 Å². The van der Waals surface area contributed by atoms with Crippen molar-refractivity contribution in [2.24, 2.45) is 0 Å². The van der Waals surface area contributed by atoms with Gasteiger partial charge in [0.15, 0.2) is 0 Å². The first-order chi connectivity index (χ1) is 11.7. The molecule has 1 aromatic carbocycles. The first kappa shape index (κ1) is 19.0. The second kappa shape index (κ2) is 7.71. The molecule has 0 radical (unpaired) electrons. The molecule has 136 valence electrons. The Kier molecular flexibility index (Phi) is 5.86. The number of amides is 1. The van der Waals surface area contributed by atoms with Crippen LogP contribution in [0.25, 0.3) is 0 Å². The first-order valence-corrected chi connectivity index (χ1v) is 9.20. The number of sulfonamides is 1. The Balaban J connectivity index is 2.09. The minimum atomic E-state index is -3.84. The van der Waals surface area contributed by atoms with Crippen LogP contribution >= 0.6 is 0 Å². The summed E-state index contributed by atoms with van der Waals surface area (Å²) in [5.41, 5.74) is 1.24. The van der Waals surface area contributed by atoms with Crippen LogP contribution in [0.1, 0.15) is 23.8 Å². The van der Waals surface area contributed by atoms with Gasteiger partial charge in [-0.25, -0.2) is 8.42 Å². The van der Waals surface area contributed by atoms with Crippen molar-refractivity contribution in [3.8, 4) is 5.75 Å². The van der Waals surface area contributed by atoms with E-state index in [2.05, 4.69) is 10.0 Å². The van der Waals surface area contributed by atoms with E-state index in [-0.39, 0.29) is 11.4 Å². The molecule has 1 atom stereocenters. The standard InChI is InChI=1S/C17H22N2O5S/c1-11-9-16(12(2)8-15(11)23-4)25(21,22)19-13(3)17(20)18-10-14-6-5-7-24-14/h5-9,13,19H,10H2,1-4H3,(H,18,20)/t13-/m0/s1. The summed E-state index contributed by atoms with van der Waals surface area (Å²) in [6.45, 7) is 5.12. The quantitative estimate of drug-likeness (QED) is 0.780. The molecular weight excluding hydrogens is 344 g/mol. The Labute approximate surface area is 147 Å². The predicted octanol–water partition coefficient (Wildman–Crippen LogP) is 1.89. The number of benzene rings is 1. The molecule has 0 bridgehead atoms. The zero-order chi connectivity index (χ0) is 18.6. The van der Waals surface area contributed by atoms with E-state index < -0.39 is 22.0 Å². The van der Waals surface area contributed by atoms with Crippen LogP contribution in [0.5, 0.6) is 5.75 Å². The number of carbonyl (C=O) groups is 1. The van der Waals surface area contributed by atoms with E-state index in [1.165, 1.54) is 26.4 Å². The van der Waals surface area contributed by atoms with Crippen LogP contribution in [0.2, 0.25) is 0 Å². The molecule has 1 aromatic heterocycles. The molecule has 0 saturated heterocycles.